The molecule has 1 fully saturated rings. The molecular weight excluding hydrogens is 300 g/mol. The van der Waals surface area contributed by atoms with E-state index in [2.05, 4.69) is 25.9 Å². The van der Waals surface area contributed by atoms with Gasteiger partial charge in [-0.1, -0.05) is 18.2 Å². The summed E-state index contributed by atoms with van der Waals surface area (Å²) in [5.41, 5.74) is 4.41. The Balaban J connectivity index is 1.46. The molecule has 1 saturated heterocycles. The molecule has 4 heterocycles. The van der Waals surface area contributed by atoms with Gasteiger partial charge in [-0.3, -0.25) is 4.79 Å². The molecule has 2 aliphatic rings. The third-order valence-electron chi connectivity index (χ3n) is 5.42. The van der Waals surface area contributed by atoms with Crippen LogP contribution in [0, 0.1) is 0 Å². The second kappa shape index (κ2) is 5.16. The number of aromatic amines is 1. The fourth-order valence-electron chi connectivity index (χ4n) is 4.34. The lowest BCUT2D eigenvalue weighted by Crippen LogP contribution is -2.43. The highest BCUT2D eigenvalue weighted by atomic mass is 16.2. The predicted molar refractivity (Wildman–Crippen MR) is 90.3 cm³/mol. The molecule has 0 spiro atoms. The van der Waals surface area contributed by atoms with Gasteiger partial charge in [-0.25, -0.2) is 9.97 Å². The van der Waals surface area contributed by atoms with Gasteiger partial charge < -0.3 is 9.88 Å². The predicted octanol–water partition coefficient (Wildman–Crippen LogP) is 2.79. The maximum Gasteiger partial charge on any atom is 0.227 e. The number of aromatic nitrogens is 3. The van der Waals surface area contributed by atoms with Crippen LogP contribution in [0.5, 0.6) is 0 Å². The number of hydrogen-bond donors (Lipinski definition) is 1. The summed E-state index contributed by atoms with van der Waals surface area (Å²) in [6.07, 6.45) is 8.84. The molecule has 24 heavy (non-hydrogen) atoms. The number of nitrogens with zero attached hydrogens (tertiary/aromatic N) is 3. The Morgan fingerprint density at radius 2 is 2.21 bits per heavy atom. The van der Waals surface area contributed by atoms with E-state index in [1.54, 1.807) is 6.33 Å². The molecule has 2 bridgehead atoms. The summed E-state index contributed by atoms with van der Waals surface area (Å²) in [6, 6.07) is 8.58. The number of para-hydroxylation sites is 1. The highest BCUT2D eigenvalue weighted by Gasteiger charge is 2.43. The molecule has 5 nitrogen and oxygen atoms in total. The molecule has 0 aliphatic carbocycles. The van der Waals surface area contributed by atoms with E-state index in [-0.39, 0.29) is 18.0 Å². The van der Waals surface area contributed by atoms with E-state index in [0.717, 1.165) is 47.0 Å². The normalized spacial score (nSPS) is 21.9. The maximum absolute atomic E-state index is 13.1. The first-order valence-corrected chi connectivity index (χ1v) is 8.46. The molecule has 2 aliphatic heterocycles. The fraction of sp³-hybridized carbons (Fsp3) is 0.316. The summed E-state index contributed by atoms with van der Waals surface area (Å²) in [7, 11) is 0. The molecule has 1 N–H and O–H groups in total. The molecule has 120 valence electrons. The number of fused-ring (bicyclic) bond motifs is 5. The zero-order valence-corrected chi connectivity index (χ0v) is 13.3. The molecule has 0 saturated carbocycles. The number of nitrogens with one attached hydrogen (secondary N) is 1. The number of carbonyl (C=O) groups excluding carboxylic acids is 1. The largest absolute Gasteiger partial charge is 0.361 e. The van der Waals surface area contributed by atoms with Gasteiger partial charge in [0.25, 0.3) is 0 Å². The third-order valence-corrected chi connectivity index (χ3v) is 5.42. The fourth-order valence-corrected chi connectivity index (χ4v) is 4.34. The van der Waals surface area contributed by atoms with Crippen LogP contribution in [0.2, 0.25) is 0 Å². The molecule has 1 amide bonds. The Hall–Kier alpha value is -2.69. The minimum atomic E-state index is 0.151. The van der Waals surface area contributed by atoms with Crippen LogP contribution in [-0.4, -0.2) is 31.8 Å². The van der Waals surface area contributed by atoms with Gasteiger partial charge in [0.05, 0.1) is 18.2 Å². The van der Waals surface area contributed by atoms with Crippen molar-refractivity contribution in [3.05, 3.63) is 59.8 Å². The number of carbonyl (C=O) groups is 1. The monoisotopic (exact) mass is 318 g/mol. The van der Waals surface area contributed by atoms with Crippen LogP contribution in [-0.2, 0) is 17.6 Å². The smallest absolute Gasteiger partial charge is 0.227 e. The van der Waals surface area contributed by atoms with Crippen molar-refractivity contribution in [1.82, 2.24) is 19.9 Å². The summed E-state index contributed by atoms with van der Waals surface area (Å²) < 4.78 is 0. The van der Waals surface area contributed by atoms with Gasteiger partial charge in [-0.2, -0.15) is 0 Å². The summed E-state index contributed by atoms with van der Waals surface area (Å²) in [4.78, 5) is 27.0. The summed E-state index contributed by atoms with van der Waals surface area (Å²) in [5.74, 6) is 0.210. The van der Waals surface area contributed by atoms with Crippen molar-refractivity contribution >= 4 is 16.8 Å². The molecule has 2 atom stereocenters. The van der Waals surface area contributed by atoms with Gasteiger partial charge in [0, 0.05) is 41.3 Å². The average Bonchev–Trinajstić information content (AvgIpc) is 3.16. The number of amides is 1. The van der Waals surface area contributed by atoms with E-state index in [9.17, 15) is 4.79 Å². The maximum atomic E-state index is 13.1. The lowest BCUT2D eigenvalue weighted by atomic mass is 9.98. The highest BCUT2D eigenvalue weighted by molar-refractivity contribution is 5.89. The summed E-state index contributed by atoms with van der Waals surface area (Å²) >= 11 is 0. The number of rotatable bonds is 2. The molecule has 1 aromatic carbocycles. The van der Waals surface area contributed by atoms with Crippen LogP contribution in [0.3, 0.4) is 0 Å². The summed E-state index contributed by atoms with van der Waals surface area (Å²) in [6.45, 7) is 0. The molecular formula is C19H18N4O. The first-order chi connectivity index (χ1) is 11.8. The van der Waals surface area contributed by atoms with Crippen LogP contribution in [0.1, 0.15) is 35.7 Å². The van der Waals surface area contributed by atoms with Crippen LogP contribution in [0.15, 0.2) is 43.0 Å². The zero-order valence-electron chi connectivity index (χ0n) is 13.3. The van der Waals surface area contributed by atoms with Crippen molar-refractivity contribution < 1.29 is 4.79 Å². The Morgan fingerprint density at radius 1 is 1.29 bits per heavy atom. The number of benzene rings is 1. The Bertz CT molecular complexity index is 932. The second-order valence-electron chi connectivity index (χ2n) is 6.71. The van der Waals surface area contributed by atoms with E-state index in [4.69, 9.17) is 0 Å². The summed E-state index contributed by atoms with van der Waals surface area (Å²) in [5, 5.41) is 1.14. The van der Waals surface area contributed by atoms with Gasteiger partial charge in [-0.05, 0) is 24.5 Å². The van der Waals surface area contributed by atoms with E-state index in [1.165, 1.54) is 0 Å². The van der Waals surface area contributed by atoms with E-state index in [0.29, 0.717) is 6.42 Å². The lowest BCUT2D eigenvalue weighted by molar-refractivity contribution is -0.134. The standard InChI is InChI=1S/C19H18N4O/c24-19(7-12-9-21-16-4-2-1-3-14(12)16)23-13-5-6-18(23)15-10-20-11-22-17(15)8-13/h1-4,9-11,13,18,21H,5-8H2. The highest BCUT2D eigenvalue weighted by Crippen LogP contribution is 2.43. The van der Waals surface area contributed by atoms with Crippen LogP contribution >= 0.6 is 0 Å². The average molecular weight is 318 g/mol. The van der Waals surface area contributed by atoms with Crippen molar-refractivity contribution in [3.8, 4) is 0 Å². The number of hydrogen-bond acceptors (Lipinski definition) is 3. The SMILES string of the molecule is O=C(Cc1c[nH]c2ccccc12)N1C2CCC1c1cncnc1C2. The van der Waals surface area contributed by atoms with Gasteiger partial charge >= 0.3 is 0 Å². The van der Waals surface area contributed by atoms with Crippen molar-refractivity contribution in [1.29, 1.82) is 0 Å². The Kier molecular flexibility index (Phi) is 2.95. The van der Waals surface area contributed by atoms with Crippen LogP contribution < -0.4 is 0 Å². The zero-order chi connectivity index (χ0) is 16.1. The van der Waals surface area contributed by atoms with Crippen molar-refractivity contribution in [2.45, 2.75) is 37.8 Å². The Labute approximate surface area is 139 Å². The molecule has 5 heteroatoms. The second-order valence-corrected chi connectivity index (χ2v) is 6.71. The van der Waals surface area contributed by atoms with Gasteiger partial charge in [0.1, 0.15) is 6.33 Å². The third kappa shape index (κ3) is 1.97. The molecule has 2 aromatic heterocycles. The molecule has 2 unspecified atom stereocenters. The van der Waals surface area contributed by atoms with Gasteiger partial charge in [0.2, 0.25) is 5.91 Å². The topological polar surface area (TPSA) is 61.9 Å². The quantitative estimate of drug-likeness (QED) is 0.790. The van der Waals surface area contributed by atoms with E-state index < -0.39 is 0 Å². The van der Waals surface area contributed by atoms with Crippen molar-refractivity contribution in [2.24, 2.45) is 0 Å². The van der Waals surface area contributed by atoms with Crippen LogP contribution in [0.25, 0.3) is 10.9 Å². The Morgan fingerprint density at radius 3 is 3.17 bits per heavy atom. The van der Waals surface area contributed by atoms with E-state index in [1.807, 2.05) is 30.6 Å². The first-order valence-electron chi connectivity index (χ1n) is 8.46. The minimum Gasteiger partial charge on any atom is -0.361 e. The first kappa shape index (κ1) is 13.7. The molecule has 5 rings (SSSR count). The van der Waals surface area contributed by atoms with Crippen LogP contribution in [0.4, 0.5) is 0 Å². The minimum absolute atomic E-state index is 0.151. The van der Waals surface area contributed by atoms with Crippen molar-refractivity contribution in [2.75, 3.05) is 0 Å². The molecule has 3 aromatic rings. The van der Waals surface area contributed by atoms with Gasteiger partial charge in [0.15, 0.2) is 0 Å². The van der Waals surface area contributed by atoms with Gasteiger partial charge in [-0.15, -0.1) is 0 Å². The lowest BCUT2D eigenvalue weighted by Gasteiger charge is -2.35. The van der Waals surface area contributed by atoms with Crippen molar-refractivity contribution in [3.63, 3.8) is 0 Å². The molecule has 0 radical (unpaired) electrons. The van der Waals surface area contributed by atoms with E-state index >= 15 is 0 Å². The number of H-pyrrole nitrogens is 1.